The smallest absolute Gasteiger partial charge is 0.317 e. The van der Waals surface area contributed by atoms with Gasteiger partial charge < -0.3 is 10.2 Å². The van der Waals surface area contributed by atoms with Crippen molar-refractivity contribution in [3.8, 4) is 0 Å². The molecule has 15 heavy (non-hydrogen) atoms. The third-order valence-electron chi connectivity index (χ3n) is 2.91. The third kappa shape index (κ3) is 4.18. The van der Waals surface area contributed by atoms with Gasteiger partial charge >= 0.3 is 5.97 Å². The van der Waals surface area contributed by atoms with Gasteiger partial charge in [-0.3, -0.25) is 9.69 Å². The molecule has 1 heterocycles. The van der Waals surface area contributed by atoms with Crippen LogP contribution in [-0.4, -0.2) is 46.8 Å². The Morgan fingerprint density at radius 1 is 1.53 bits per heavy atom. The Morgan fingerprint density at radius 2 is 2.20 bits per heavy atom. The van der Waals surface area contributed by atoms with Crippen molar-refractivity contribution in [2.75, 3.05) is 19.6 Å². The number of aliphatic carboxylic acids is 1. The van der Waals surface area contributed by atoms with Gasteiger partial charge in [0.1, 0.15) is 0 Å². The molecule has 0 bridgehead atoms. The molecule has 2 atom stereocenters. The van der Waals surface area contributed by atoms with Crippen LogP contribution in [0.4, 0.5) is 0 Å². The van der Waals surface area contributed by atoms with E-state index in [-0.39, 0.29) is 18.6 Å². The maximum Gasteiger partial charge on any atom is 0.317 e. The highest BCUT2D eigenvalue weighted by molar-refractivity contribution is 5.69. The fourth-order valence-corrected chi connectivity index (χ4v) is 2.27. The summed E-state index contributed by atoms with van der Waals surface area (Å²) >= 11 is 0. The highest BCUT2D eigenvalue weighted by atomic mass is 16.4. The second-order valence-corrected chi connectivity index (χ2v) is 4.87. The van der Waals surface area contributed by atoms with Crippen LogP contribution in [0.1, 0.15) is 26.7 Å². The lowest BCUT2D eigenvalue weighted by atomic mass is 9.87. The van der Waals surface area contributed by atoms with E-state index in [9.17, 15) is 9.90 Å². The van der Waals surface area contributed by atoms with Crippen molar-refractivity contribution in [1.82, 2.24) is 4.90 Å². The second kappa shape index (κ2) is 5.47. The molecule has 0 aromatic carbocycles. The fraction of sp³-hybridized carbons (Fsp3) is 0.909. The van der Waals surface area contributed by atoms with Gasteiger partial charge in [0, 0.05) is 13.1 Å². The number of hydrogen-bond donors (Lipinski definition) is 2. The van der Waals surface area contributed by atoms with Gasteiger partial charge in [-0.1, -0.05) is 13.8 Å². The number of nitrogens with zero attached hydrogens (tertiary/aromatic N) is 1. The highest BCUT2D eigenvalue weighted by Crippen LogP contribution is 2.23. The lowest BCUT2D eigenvalue weighted by molar-refractivity contribution is -0.139. The molecule has 1 aliphatic heterocycles. The molecule has 88 valence electrons. The predicted molar refractivity (Wildman–Crippen MR) is 57.6 cm³/mol. The summed E-state index contributed by atoms with van der Waals surface area (Å²) in [5, 5.41) is 18.5. The van der Waals surface area contributed by atoms with Crippen LogP contribution in [0.5, 0.6) is 0 Å². The van der Waals surface area contributed by atoms with Gasteiger partial charge in [0.2, 0.25) is 0 Å². The summed E-state index contributed by atoms with van der Waals surface area (Å²) in [6, 6.07) is 0. The minimum Gasteiger partial charge on any atom is -0.480 e. The lowest BCUT2D eigenvalue weighted by Crippen LogP contribution is -2.45. The van der Waals surface area contributed by atoms with Crippen molar-refractivity contribution in [3.05, 3.63) is 0 Å². The van der Waals surface area contributed by atoms with Crippen molar-refractivity contribution in [2.45, 2.75) is 32.8 Å². The van der Waals surface area contributed by atoms with Crippen LogP contribution in [0, 0.1) is 11.8 Å². The Morgan fingerprint density at radius 3 is 2.73 bits per heavy atom. The van der Waals surface area contributed by atoms with E-state index < -0.39 is 5.97 Å². The average molecular weight is 215 g/mol. The van der Waals surface area contributed by atoms with Crippen LogP contribution in [-0.2, 0) is 4.79 Å². The number of carbonyl (C=O) groups is 1. The average Bonchev–Trinajstić information content (AvgIpc) is 2.09. The molecule has 0 radical (unpaired) electrons. The third-order valence-corrected chi connectivity index (χ3v) is 2.91. The van der Waals surface area contributed by atoms with E-state index in [2.05, 4.69) is 13.8 Å². The fourth-order valence-electron chi connectivity index (χ4n) is 2.27. The van der Waals surface area contributed by atoms with Crippen molar-refractivity contribution in [3.63, 3.8) is 0 Å². The van der Waals surface area contributed by atoms with E-state index in [1.807, 2.05) is 4.90 Å². The van der Waals surface area contributed by atoms with E-state index in [1.165, 1.54) is 0 Å². The maximum absolute atomic E-state index is 10.6. The summed E-state index contributed by atoms with van der Waals surface area (Å²) in [6.07, 6.45) is 1.42. The molecule has 0 aliphatic carbocycles. The number of rotatable bonds is 4. The molecule has 2 N–H and O–H groups in total. The van der Waals surface area contributed by atoms with Crippen LogP contribution < -0.4 is 0 Å². The van der Waals surface area contributed by atoms with Gasteiger partial charge in [-0.15, -0.1) is 0 Å². The normalized spacial score (nSPS) is 28.3. The van der Waals surface area contributed by atoms with E-state index in [1.54, 1.807) is 0 Å². The molecule has 1 fully saturated rings. The molecular formula is C11H21NO3. The molecule has 1 rings (SSSR count). The molecule has 4 nitrogen and oxygen atoms in total. The Hall–Kier alpha value is -0.610. The molecule has 0 saturated carbocycles. The summed E-state index contributed by atoms with van der Waals surface area (Å²) in [6.45, 7) is 5.76. The van der Waals surface area contributed by atoms with Gasteiger partial charge in [-0.05, 0) is 24.7 Å². The van der Waals surface area contributed by atoms with Crippen LogP contribution in [0.25, 0.3) is 0 Å². The molecule has 0 amide bonds. The zero-order chi connectivity index (χ0) is 11.4. The van der Waals surface area contributed by atoms with Gasteiger partial charge in [0.25, 0.3) is 0 Å². The number of carboxylic acids is 1. The van der Waals surface area contributed by atoms with E-state index in [4.69, 9.17) is 5.11 Å². The predicted octanol–water partition coefficient (Wildman–Crippen LogP) is 0.800. The molecule has 0 aromatic rings. The first-order valence-electron chi connectivity index (χ1n) is 5.61. The molecule has 1 saturated heterocycles. The summed E-state index contributed by atoms with van der Waals surface area (Å²) < 4.78 is 0. The molecule has 0 spiro atoms. The van der Waals surface area contributed by atoms with Gasteiger partial charge in [-0.2, -0.15) is 0 Å². The Balaban J connectivity index is 2.44. The Labute approximate surface area is 90.9 Å². The zero-order valence-corrected chi connectivity index (χ0v) is 9.52. The first-order valence-corrected chi connectivity index (χ1v) is 5.61. The second-order valence-electron chi connectivity index (χ2n) is 4.87. The summed E-state index contributed by atoms with van der Waals surface area (Å²) in [4.78, 5) is 12.5. The molecule has 1 aliphatic rings. The lowest BCUT2D eigenvalue weighted by Gasteiger charge is -2.36. The zero-order valence-electron chi connectivity index (χ0n) is 9.52. The van der Waals surface area contributed by atoms with E-state index in [0.29, 0.717) is 25.4 Å². The Kier molecular flexibility index (Phi) is 4.54. The van der Waals surface area contributed by atoms with Gasteiger partial charge in [0.05, 0.1) is 12.6 Å². The summed E-state index contributed by atoms with van der Waals surface area (Å²) in [5.74, 6) is 0.00205. The van der Waals surface area contributed by atoms with Crippen molar-refractivity contribution < 1.29 is 15.0 Å². The number of carboxylic acid groups (broad SMARTS) is 1. The molecule has 0 unspecified atom stereocenters. The Bertz CT molecular complexity index is 218. The molecular weight excluding hydrogens is 194 g/mol. The minimum absolute atomic E-state index is 0.0985. The molecule has 4 heteroatoms. The van der Waals surface area contributed by atoms with Crippen molar-refractivity contribution in [1.29, 1.82) is 0 Å². The maximum atomic E-state index is 10.6. The quantitative estimate of drug-likeness (QED) is 0.728. The number of likely N-dealkylation sites (tertiary alicyclic amines) is 1. The SMILES string of the molecule is CC(C)C[C@H]1CN(CC(=O)O)CC[C@@H]1O. The first-order chi connectivity index (χ1) is 6.99. The largest absolute Gasteiger partial charge is 0.480 e. The van der Waals surface area contributed by atoms with Crippen LogP contribution in [0.15, 0.2) is 0 Å². The number of hydrogen-bond acceptors (Lipinski definition) is 3. The monoisotopic (exact) mass is 215 g/mol. The number of aliphatic hydroxyl groups is 1. The summed E-state index contributed by atoms with van der Waals surface area (Å²) in [5.41, 5.74) is 0. The van der Waals surface area contributed by atoms with E-state index in [0.717, 1.165) is 6.42 Å². The van der Waals surface area contributed by atoms with E-state index >= 15 is 0 Å². The van der Waals surface area contributed by atoms with Gasteiger partial charge in [0.15, 0.2) is 0 Å². The van der Waals surface area contributed by atoms with Crippen LogP contribution >= 0.6 is 0 Å². The van der Waals surface area contributed by atoms with Crippen LogP contribution in [0.3, 0.4) is 0 Å². The first kappa shape index (κ1) is 12.5. The highest BCUT2D eigenvalue weighted by Gasteiger charge is 2.28. The number of aliphatic hydroxyl groups excluding tert-OH is 1. The minimum atomic E-state index is -0.783. The van der Waals surface area contributed by atoms with Crippen molar-refractivity contribution in [2.24, 2.45) is 11.8 Å². The van der Waals surface area contributed by atoms with Crippen molar-refractivity contribution >= 4 is 5.97 Å². The summed E-state index contributed by atoms with van der Waals surface area (Å²) in [7, 11) is 0. The van der Waals surface area contributed by atoms with Gasteiger partial charge in [-0.25, -0.2) is 0 Å². The number of piperidine rings is 1. The topological polar surface area (TPSA) is 60.8 Å². The standard InChI is InChI=1S/C11H21NO3/c1-8(2)5-9-6-12(7-11(14)15)4-3-10(9)13/h8-10,13H,3-7H2,1-2H3,(H,14,15)/t9-,10-/m0/s1. The molecule has 0 aromatic heterocycles. The van der Waals surface area contributed by atoms with Crippen LogP contribution in [0.2, 0.25) is 0 Å².